The minimum atomic E-state index is -1.18. The Bertz CT molecular complexity index is 325. The van der Waals surface area contributed by atoms with Crippen LogP contribution in [0.4, 0.5) is 4.39 Å². The van der Waals surface area contributed by atoms with Crippen molar-refractivity contribution in [2.75, 3.05) is 7.11 Å². The largest absolute Gasteiger partial charge is 0.465 e. The molecule has 0 aromatic heterocycles. The zero-order valence-electron chi connectivity index (χ0n) is 7.08. The Kier molecular flexibility index (Phi) is 2.80. The predicted molar refractivity (Wildman–Crippen MR) is 43.3 cm³/mol. The number of carbonyl (C=O) groups is 1. The molecule has 1 aliphatic rings. The minimum Gasteiger partial charge on any atom is -0.465 e. The molecule has 0 aromatic carbocycles. The summed E-state index contributed by atoms with van der Waals surface area (Å²) in [7, 11) is 1.22. The lowest BCUT2D eigenvalue weighted by Crippen LogP contribution is -2.12. The van der Waals surface area contributed by atoms with Gasteiger partial charge < -0.3 is 4.74 Å². The van der Waals surface area contributed by atoms with Crippen molar-refractivity contribution in [3.8, 4) is 6.07 Å². The number of ether oxygens (including phenoxy) is 1. The summed E-state index contributed by atoms with van der Waals surface area (Å²) in [5, 5.41) is 8.61. The fraction of sp³-hybridized carbons (Fsp3) is 0.333. The molecule has 1 unspecified atom stereocenters. The number of halogens is 1. The van der Waals surface area contributed by atoms with Gasteiger partial charge >= 0.3 is 5.97 Å². The highest BCUT2D eigenvalue weighted by molar-refractivity contribution is 5.93. The van der Waals surface area contributed by atoms with Gasteiger partial charge in [-0.1, -0.05) is 0 Å². The average molecular weight is 181 g/mol. The van der Waals surface area contributed by atoms with Crippen LogP contribution in [0.15, 0.2) is 23.3 Å². The number of alkyl halides is 1. The van der Waals surface area contributed by atoms with E-state index in [1.54, 1.807) is 6.07 Å². The number of allylic oxidation sites excluding steroid dienone is 2. The summed E-state index contributed by atoms with van der Waals surface area (Å²) in [6.45, 7) is 0. The Morgan fingerprint density at radius 1 is 1.85 bits per heavy atom. The number of methoxy groups -OCH3 is 1. The first-order chi connectivity index (χ1) is 6.19. The first-order valence-corrected chi connectivity index (χ1v) is 3.73. The summed E-state index contributed by atoms with van der Waals surface area (Å²) in [6, 6.07) is 1.79. The van der Waals surface area contributed by atoms with Crippen molar-refractivity contribution in [3.05, 3.63) is 23.3 Å². The summed E-state index contributed by atoms with van der Waals surface area (Å²) in [5.74, 6) is -0.598. The number of rotatable bonds is 1. The van der Waals surface area contributed by atoms with Crippen molar-refractivity contribution >= 4 is 5.97 Å². The quantitative estimate of drug-likeness (QED) is 0.572. The maximum Gasteiger partial charge on any atom is 0.338 e. The SMILES string of the molecule is COC(=O)C1=C(C#N)CC(F)C=C1. The smallest absolute Gasteiger partial charge is 0.338 e. The lowest BCUT2D eigenvalue weighted by atomic mass is 9.97. The van der Waals surface area contributed by atoms with Crippen molar-refractivity contribution in [1.82, 2.24) is 0 Å². The number of carbonyl (C=O) groups excluding carboxylic acids is 1. The molecule has 0 aliphatic heterocycles. The Balaban J connectivity index is 2.99. The lowest BCUT2D eigenvalue weighted by molar-refractivity contribution is -0.135. The van der Waals surface area contributed by atoms with Crippen molar-refractivity contribution < 1.29 is 13.9 Å². The molecule has 0 saturated carbocycles. The summed E-state index contributed by atoms with van der Waals surface area (Å²) >= 11 is 0. The lowest BCUT2D eigenvalue weighted by Gasteiger charge is -2.10. The van der Waals surface area contributed by atoms with E-state index in [2.05, 4.69) is 4.74 Å². The van der Waals surface area contributed by atoms with Crippen LogP contribution in [-0.2, 0) is 9.53 Å². The van der Waals surface area contributed by atoms with E-state index >= 15 is 0 Å². The molecule has 0 fully saturated rings. The molecule has 68 valence electrons. The average Bonchev–Trinajstić information content (AvgIpc) is 2.16. The Morgan fingerprint density at radius 3 is 3.08 bits per heavy atom. The van der Waals surface area contributed by atoms with E-state index in [1.165, 1.54) is 19.3 Å². The van der Waals surface area contributed by atoms with Crippen molar-refractivity contribution in [1.29, 1.82) is 5.26 Å². The third-order valence-electron chi connectivity index (χ3n) is 1.74. The highest BCUT2D eigenvalue weighted by Gasteiger charge is 2.20. The maximum absolute atomic E-state index is 12.7. The summed E-state index contributed by atoms with van der Waals surface area (Å²) < 4.78 is 17.2. The van der Waals surface area contributed by atoms with E-state index in [1.807, 2.05) is 0 Å². The molecule has 0 radical (unpaired) electrons. The van der Waals surface area contributed by atoms with E-state index in [-0.39, 0.29) is 17.6 Å². The van der Waals surface area contributed by atoms with Gasteiger partial charge in [-0.15, -0.1) is 0 Å². The summed E-state index contributed by atoms with van der Waals surface area (Å²) in [5.41, 5.74) is 0.292. The number of esters is 1. The monoisotopic (exact) mass is 181 g/mol. The van der Waals surface area contributed by atoms with Crippen LogP contribution in [0.1, 0.15) is 6.42 Å². The van der Waals surface area contributed by atoms with E-state index in [0.717, 1.165) is 0 Å². The molecule has 4 heteroatoms. The van der Waals surface area contributed by atoms with Crippen molar-refractivity contribution in [2.45, 2.75) is 12.6 Å². The highest BCUT2D eigenvalue weighted by atomic mass is 19.1. The fourth-order valence-corrected chi connectivity index (χ4v) is 1.08. The van der Waals surface area contributed by atoms with Crippen LogP contribution in [-0.4, -0.2) is 19.3 Å². The number of hydrogen-bond donors (Lipinski definition) is 0. The predicted octanol–water partition coefficient (Wildman–Crippen LogP) is 1.28. The van der Waals surface area contributed by atoms with E-state index in [4.69, 9.17) is 5.26 Å². The first kappa shape index (κ1) is 9.46. The van der Waals surface area contributed by atoms with Gasteiger partial charge in [-0.3, -0.25) is 0 Å². The molecular weight excluding hydrogens is 173 g/mol. The van der Waals surface area contributed by atoms with Crippen LogP contribution in [0.25, 0.3) is 0 Å². The van der Waals surface area contributed by atoms with Crippen molar-refractivity contribution in [3.63, 3.8) is 0 Å². The van der Waals surface area contributed by atoms with E-state index < -0.39 is 12.1 Å². The Labute approximate surface area is 75.1 Å². The number of nitrogens with zero attached hydrogens (tertiary/aromatic N) is 1. The molecule has 1 aliphatic carbocycles. The molecule has 0 heterocycles. The Morgan fingerprint density at radius 2 is 2.54 bits per heavy atom. The zero-order chi connectivity index (χ0) is 9.84. The molecule has 0 bridgehead atoms. The fourth-order valence-electron chi connectivity index (χ4n) is 1.08. The van der Waals surface area contributed by atoms with Gasteiger partial charge in [0.1, 0.15) is 6.17 Å². The van der Waals surface area contributed by atoms with Gasteiger partial charge in [-0.05, 0) is 12.2 Å². The van der Waals surface area contributed by atoms with Gasteiger partial charge in [0.2, 0.25) is 0 Å². The van der Waals surface area contributed by atoms with Crippen LogP contribution < -0.4 is 0 Å². The molecule has 0 aromatic rings. The van der Waals surface area contributed by atoms with Crippen LogP contribution >= 0.6 is 0 Å². The van der Waals surface area contributed by atoms with Gasteiger partial charge in [0.05, 0.1) is 18.8 Å². The number of hydrogen-bond acceptors (Lipinski definition) is 3. The van der Waals surface area contributed by atoms with Gasteiger partial charge in [-0.25, -0.2) is 9.18 Å². The summed E-state index contributed by atoms with van der Waals surface area (Å²) in [6.07, 6.45) is 1.31. The van der Waals surface area contributed by atoms with Crippen LogP contribution in [0.2, 0.25) is 0 Å². The molecule has 1 rings (SSSR count). The molecule has 3 nitrogen and oxygen atoms in total. The summed E-state index contributed by atoms with van der Waals surface area (Å²) in [4.78, 5) is 11.0. The van der Waals surface area contributed by atoms with Crippen molar-refractivity contribution in [2.24, 2.45) is 0 Å². The van der Waals surface area contributed by atoms with Gasteiger partial charge in [0.25, 0.3) is 0 Å². The van der Waals surface area contributed by atoms with Gasteiger partial charge in [-0.2, -0.15) is 5.26 Å². The Hall–Kier alpha value is -1.63. The second-order valence-electron chi connectivity index (χ2n) is 2.57. The highest BCUT2D eigenvalue weighted by Crippen LogP contribution is 2.21. The molecule has 0 N–H and O–H groups in total. The van der Waals surface area contributed by atoms with Crippen LogP contribution in [0.3, 0.4) is 0 Å². The van der Waals surface area contributed by atoms with Gasteiger partial charge in [0, 0.05) is 12.0 Å². The van der Waals surface area contributed by atoms with Crippen LogP contribution in [0, 0.1) is 11.3 Å². The second-order valence-corrected chi connectivity index (χ2v) is 2.57. The maximum atomic E-state index is 12.7. The molecule has 0 saturated heterocycles. The molecule has 13 heavy (non-hydrogen) atoms. The van der Waals surface area contributed by atoms with Gasteiger partial charge in [0.15, 0.2) is 0 Å². The standard InChI is InChI=1S/C9H8FNO2/c1-13-9(12)8-3-2-7(10)4-6(8)5-11/h2-3,7H,4H2,1H3. The van der Waals surface area contributed by atoms with Crippen LogP contribution in [0.5, 0.6) is 0 Å². The number of nitriles is 1. The molecule has 1 atom stereocenters. The third kappa shape index (κ3) is 1.94. The topological polar surface area (TPSA) is 50.1 Å². The normalized spacial score (nSPS) is 21.2. The molecule has 0 amide bonds. The first-order valence-electron chi connectivity index (χ1n) is 3.73. The zero-order valence-corrected chi connectivity index (χ0v) is 7.08. The third-order valence-corrected chi connectivity index (χ3v) is 1.74. The second kappa shape index (κ2) is 3.85. The minimum absolute atomic E-state index is 0.0442. The molecular formula is C9H8FNO2. The van der Waals surface area contributed by atoms with E-state index in [0.29, 0.717) is 0 Å². The molecule has 0 spiro atoms. The van der Waals surface area contributed by atoms with E-state index in [9.17, 15) is 9.18 Å².